The van der Waals surface area contributed by atoms with Crippen molar-refractivity contribution in [2.45, 2.75) is 26.7 Å². The lowest BCUT2D eigenvalue weighted by Crippen LogP contribution is -1.95. The molecule has 0 aliphatic heterocycles. The number of rotatable bonds is 2. The summed E-state index contributed by atoms with van der Waals surface area (Å²) in [7, 11) is 0. The van der Waals surface area contributed by atoms with Gasteiger partial charge in [-0.15, -0.1) is 0 Å². The van der Waals surface area contributed by atoms with Gasteiger partial charge in [0.15, 0.2) is 0 Å². The molecule has 0 fully saturated rings. The van der Waals surface area contributed by atoms with E-state index in [4.69, 9.17) is 4.42 Å². The zero-order chi connectivity index (χ0) is 19.4. The Morgan fingerprint density at radius 2 is 1.71 bits per heavy atom. The number of benzene rings is 3. The minimum Gasteiger partial charge on any atom is -0.455 e. The van der Waals surface area contributed by atoms with Crippen LogP contribution in [0, 0.1) is 12.7 Å². The number of nitrogens with zero attached hydrogens (tertiary/aromatic N) is 1. The van der Waals surface area contributed by atoms with E-state index < -0.39 is 0 Å². The molecule has 2 nitrogen and oxygen atoms in total. The molecular formula is C25H20FNO. The first-order valence-electron chi connectivity index (χ1n) is 9.53. The molecule has 0 atom stereocenters. The average Bonchev–Trinajstić information content (AvgIpc) is 3.05. The maximum absolute atomic E-state index is 14.5. The second kappa shape index (κ2) is 6.16. The summed E-state index contributed by atoms with van der Waals surface area (Å²) in [6.45, 7) is 6.23. The number of para-hydroxylation sites is 1. The summed E-state index contributed by atoms with van der Waals surface area (Å²) in [5.74, 6) is -0.0175. The van der Waals surface area contributed by atoms with E-state index in [1.807, 2.05) is 24.3 Å². The molecule has 0 bridgehead atoms. The van der Waals surface area contributed by atoms with Gasteiger partial charge in [-0.1, -0.05) is 32.0 Å². The Balaban J connectivity index is 1.92. The van der Waals surface area contributed by atoms with E-state index in [2.05, 4.69) is 44.0 Å². The lowest BCUT2D eigenvalue weighted by atomic mass is 9.93. The number of hydrogen-bond donors (Lipinski definition) is 0. The molecule has 5 rings (SSSR count). The van der Waals surface area contributed by atoms with Crippen LogP contribution in [0.1, 0.15) is 30.9 Å². The Bertz CT molecular complexity index is 1360. The lowest BCUT2D eigenvalue weighted by Gasteiger charge is -2.13. The highest BCUT2D eigenvalue weighted by Gasteiger charge is 2.18. The molecule has 0 saturated heterocycles. The van der Waals surface area contributed by atoms with Crippen molar-refractivity contribution in [1.82, 2.24) is 4.98 Å². The van der Waals surface area contributed by atoms with Crippen molar-refractivity contribution in [2.75, 3.05) is 0 Å². The van der Waals surface area contributed by atoms with Crippen LogP contribution in [-0.2, 0) is 0 Å². The Labute approximate surface area is 162 Å². The van der Waals surface area contributed by atoms with Crippen LogP contribution in [0.25, 0.3) is 44.0 Å². The number of aromatic nitrogens is 1. The molecule has 0 radical (unpaired) electrons. The highest BCUT2D eigenvalue weighted by molar-refractivity contribution is 6.12. The molecule has 3 aromatic carbocycles. The summed E-state index contributed by atoms with van der Waals surface area (Å²) >= 11 is 0. The van der Waals surface area contributed by atoms with Crippen LogP contribution < -0.4 is 0 Å². The van der Waals surface area contributed by atoms with Gasteiger partial charge in [-0.2, -0.15) is 0 Å². The molecule has 28 heavy (non-hydrogen) atoms. The van der Waals surface area contributed by atoms with Gasteiger partial charge in [0, 0.05) is 27.9 Å². The van der Waals surface area contributed by atoms with Crippen molar-refractivity contribution < 1.29 is 8.81 Å². The van der Waals surface area contributed by atoms with Gasteiger partial charge in [-0.05, 0) is 65.8 Å². The quantitative estimate of drug-likeness (QED) is 0.324. The molecule has 3 heteroatoms. The van der Waals surface area contributed by atoms with Crippen molar-refractivity contribution in [1.29, 1.82) is 0 Å². The predicted octanol–water partition coefficient (Wildman–Crippen LogP) is 7.37. The number of fused-ring (bicyclic) bond motifs is 4. The van der Waals surface area contributed by atoms with Crippen LogP contribution in [0.4, 0.5) is 4.39 Å². The Morgan fingerprint density at radius 1 is 0.893 bits per heavy atom. The van der Waals surface area contributed by atoms with Crippen molar-refractivity contribution >= 4 is 32.7 Å². The third kappa shape index (κ3) is 2.50. The molecule has 0 spiro atoms. The maximum atomic E-state index is 14.5. The van der Waals surface area contributed by atoms with Crippen LogP contribution in [0.2, 0.25) is 0 Å². The van der Waals surface area contributed by atoms with Gasteiger partial charge < -0.3 is 4.42 Å². The molecule has 138 valence electrons. The zero-order valence-electron chi connectivity index (χ0n) is 16.1. The normalized spacial score (nSPS) is 11.9. The first kappa shape index (κ1) is 16.9. The van der Waals surface area contributed by atoms with Gasteiger partial charge in [-0.3, -0.25) is 4.98 Å². The number of aryl methyl sites for hydroxylation is 1. The largest absolute Gasteiger partial charge is 0.455 e. The first-order chi connectivity index (χ1) is 13.5. The molecule has 2 heterocycles. The van der Waals surface area contributed by atoms with E-state index >= 15 is 0 Å². The molecule has 0 unspecified atom stereocenters. The zero-order valence-corrected chi connectivity index (χ0v) is 16.1. The third-order valence-corrected chi connectivity index (χ3v) is 5.38. The minimum atomic E-state index is -0.237. The summed E-state index contributed by atoms with van der Waals surface area (Å²) in [5, 5.41) is 3.99. The number of pyridine rings is 1. The van der Waals surface area contributed by atoms with E-state index in [1.165, 1.54) is 0 Å². The monoisotopic (exact) mass is 369 g/mol. The van der Waals surface area contributed by atoms with E-state index in [-0.39, 0.29) is 11.7 Å². The summed E-state index contributed by atoms with van der Waals surface area (Å²) < 4.78 is 20.7. The van der Waals surface area contributed by atoms with Crippen LogP contribution in [0.5, 0.6) is 0 Å². The number of halogens is 1. The van der Waals surface area contributed by atoms with Crippen molar-refractivity contribution in [3.8, 4) is 11.3 Å². The molecule has 0 aliphatic rings. The van der Waals surface area contributed by atoms with E-state index in [0.717, 1.165) is 55.1 Å². The second-order valence-electron chi connectivity index (χ2n) is 7.69. The Hall–Kier alpha value is -3.20. The van der Waals surface area contributed by atoms with E-state index in [9.17, 15) is 4.39 Å². The first-order valence-corrected chi connectivity index (χ1v) is 9.53. The van der Waals surface area contributed by atoms with Crippen molar-refractivity contribution in [3.05, 3.63) is 77.7 Å². The molecular weight excluding hydrogens is 349 g/mol. The average molecular weight is 369 g/mol. The third-order valence-electron chi connectivity index (χ3n) is 5.38. The number of furan rings is 1. The van der Waals surface area contributed by atoms with Crippen LogP contribution in [0.15, 0.2) is 65.2 Å². The Kier molecular flexibility index (Phi) is 3.73. The fourth-order valence-electron chi connectivity index (χ4n) is 4.12. The van der Waals surface area contributed by atoms with E-state index in [0.29, 0.717) is 0 Å². The Morgan fingerprint density at radius 3 is 2.54 bits per heavy atom. The van der Waals surface area contributed by atoms with Gasteiger partial charge >= 0.3 is 0 Å². The van der Waals surface area contributed by atoms with Crippen molar-refractivity contribution in [2.24, 2.45) is 0 Å². The van der Waals surface area contributed by atoms with Gasteiger partial charge in [-0.25, -0.2) is 4.39 Å². The van der Waals surface area contributed by atoms with Crippen molar-refractivity contribution in [3.63, 3.8) is 0 Å². The van der Waals surface area contributed by atoms with Crippen LogP contribution in [0.3, 0.4) is 0 Å². The fourth-order valence-corrected chi connectivity index (χ4v) is 4.12. The molecule has 0 N–H and O–H groups in total. The minimum absolute atomic E-state index is 0.220. The lowest BCUT2D eigenvalue weighted by molar-refractivity contribution is 0.626. The topological polar surface area (TPSA) is 26.0 Å². The molecule has 0 saturated carbocycles. The standard InChI is InChI=1S/C25H20FNO/c1-14(2)19-12-16(26)13-20-17(19)8-9-27-24(20)22-11-15(3)10-21-18-6-4-5-7-23(18)28-25(21)22/h4-14H,1-3H3. The highest BCUT2D eigenvalue weighted by Crippen LogP contribution is 2.39. The highest BCUT2D eigenvalue weighted by atomic mass is 19.1. The smallest absolute Gasteiger partial charge is 0.144 e. The van der Waals surface area contributed by atoms with Crippen LogP contribution >= 0.6 is 0 Å². The second-order valence-corrected chi connectivity index (χ2v) is 7.69. The fraction of sp³-hybridized carbons (Fsp3) is 0.160. The van der Waals surface area contributed by atoms with Gasteiger partial charge in [0.2, 0.25) is 0 Å². The molecule has 5 aromatic rings. The number of hydrogen-bond acceptors (Lipinski definition) is 2. The van der Waals surface area contributed by atoms with Crippen LogP contribution in [-0.4, -0.2) is 4.98 Å². The van der Waals surface area contributed by atoms with E-state index in [1.54, 1.807) is 18.3 Å². The summed E-state index contributed by atoms with van der Waals surface area (Å²) in [6, 6.07) is 17.4. The summed E-state index contributed by atoms with van der Waals surface area (Å²) in [4.78, 5) is 4.65. The van der Waals surface area contributed by atoms with Gasteiger partial charge in [0.25, 0.3) is 0 Å². The van der Waals surface area contributed by atoms with Gasteiger partial charge in [0.05, 0.1) is 5.69 Å². The SMILES string of the molecule is Cc1cc(-c2nccc3c(C(C)C)cc(F)cc23)c2oc3ccccc3c2c1. The molecule has 0 amide bonds. The summed E-state index contributed by atoms with van der Waals surface area (Å²) in [5.41, 5.74) is 5.41. The molecule has 0 aliphatic carbocycles. The molecule has 2 aromatic heterocycles. The summed E-state index contributed by atoms with van der Waals surface area (Å²) in [6.07, 6.45) is 1.80. The van der Waals surface area contributed by atoms with Gasteiger partial charge in [0.1, 0.15) is 17.0 Å². The predicted molar refractivity (Wildman–Crippen MR) is 113 cm³/mol. The maximum Gasteiger partial charge on any atom is 0.144 e.